The first-order valence-electron chi connectivity index (χ1n) is 10.6. The molecule has 164 valence electrons. The van der Waals surface area contributed by atoms with Crippen LogP contribution in [0.1, 0.15) is 5.56 Å². The standard InChI is InChI=1S/C24H19FN6O2/c25-17-4-1-14(2-5-17)21-22(15-3-6-18-16(11-15)12-19(32)28-18)31-10-8-27-23(24(31)29-21)30-9-7-26-20(33)13-30/h1-6,8,10-11H,7,9,12-13H2,(H,26,33)(H,28,32). The number of rotatable bonds is 3. The Balaban J connectivity index is 1.58. The number of carbonyl (C=O) groups excluding carboxylic acids is 2. The molecule has 1 fully saturated rings. The topological polar surface area (TPSA) is 91.6 Å². The molecule has 33 heavy (non-hydrogen) atoms. The van der Waals surface area contributed by atoms with Crippen LogP contribution in [0.25, 0.3) is 28.2 Å². The van der Waals surface area contributed by atoms with Gasteiger partial charge in [-0.2, -0.15) is 0 Å². The average Bonchev–Trinajstić information content (AvgIpc) is 3.38. The van der Waals surface area contributed by atoms with Crippen molar-refractivity contribution in [2.75, 3.05) is 29.9 Å². The van der Waals surface area contributed by atoms with Crippen LogP contribution in [0.15, 0.2) is 54.9 Å². The van der Waals surface area contributed by atoms with Crippen molar-refractivity contribution < 1.29 is 14.0 Å². The summed E-state index contributed by atoms with van der Waals surface area (Å²) in [4.78, 5) is 35.2. The Bertz CT molecular complexity index is 1430. The predicted octanol–water partition coefficient (Wildman–Crippen LogP) is 2.63. The van der Waals surface area contributed by atoms with Crippen LogP contribution in [-0.2, 0) is 16.0 Å². The molecule has 0 spiro atoms. The number of amides is 2. The zero-order valence-corrected chi connectivity index (χ0v) is 17.5. The smallest absolute Gasteiger partial charge is 0.239 e. The Morgan fingerprint density at radius 2 is 1.82 bits per heavy atom. The molecule has 2 N–H and O–H groups in total. The van der Waals surface area contributed by atoms with E-state index in [4.69, 9.17) is 4.98 Å². The first kappa shape index (κ1) is 19.4. The van der Waals surface area contributed by atoms with Gasteiger partial charge in [0, 0.05) is 42.3 Å². The maximum Gasteiger partial charge on any atom is 0.239 e. The van der Waals surface area contributed by atoms with Crippen LogP contribution in [0, 0.1) is 5.82 Å². The summed E-state index contributed by atoms with van der Waals surface area (Å²) >= 11 is 0. The van der Waals surface area contributed by atoms with Crippen molar-refractivity contribution in [3.05, 3.63) is 66.2 Å². The lowest BCUT2D eigenvalue weighted by molar-refractivity contribution is -0.120. The van der Waals surface area contributed by atoms with E-state index in [9.17, 15) is 14.0 Å². The monoisotopic (exact) mass is 442 g/mol. The summed E-state index contributed by atoms with van der Waals surface area (Å²) in [6, 6.07) is 12.0. The fraction of sp³-hybridized carbons (Fsp3) is 0.167. The van der Waals surface area contributed by atoms with Gasteiger partial charge in [0.2, 0.25) is 11.8 Å². The normalized spacial score (nSPS) is 15.5. The molecule has 0 atom stereocenters. The average molecular weight is 442 g/mol. The van der Waals surface area contributed by atoms with Crippen LogP contribution >= 0.6 is 0 Å². The van der Waals surface area contributed by atoms with Crippen LogP contribution in [-0.4, -0.2) is 45.8 Å². The van der Waals surface area contributed by atoms with E-state index in [1.165, 1.54) is 12.1 Å². The van der Waals surface area contributed by atoms with E-state index in [1.54, 1.807) is 18.3 Å². The van der Waals surface area contributed by atoms with E-state index in [-0.39, 0.29) is 24.2 Å². The summed E-state index contributed by atoms with van der Waals surface area (Å²) in [5, 5.41) is 5.68. The van der Waals surface area contributed by atoms with E-state index in [0.29, 0.717) is 36.7 Å². The lowest BCUT2D eigenvalue weighted by atomic mass is 10.0. The lowest BCUT2D eigenvalue weighted by Crippen LogP contribution is -2.48. The summed E-state index contributed by atoms with van der Waals surface area (Å²) in [6.07, 6.45) is 3.84. The molecule has 0 radical (unpaired) electrons. The summed E-state index contributed by atoms with van der Waals surface area (Å²) in [6.45, 7) is 1.36. The van der Waals surface area contributed by atoms with Gasteiger partial charge in [0.05, 0.1) is 24.4 Å². The third kappa shape index (κ3) is 3.29. The molecule has 9 heteroatoms. The fourth-order valence-electron chi connectivity index (χ4n) is 4.47. The number of fused-ring (bicyclic) bond motifs is 2. The number of imidazole rings is 1. The molecule has 2 aliphatic heterocycles. The highest BCUT2D eigenvalue weighted by molar-refractivity contribution is 6.00. The molecule has 0 unspecified atom stereocenters. The molecule has 8 nitrogen and oxygen atoms in total. The molecule has 4 aromatic rings. The van der Waals surface area contributed by atoms with Gasteiger partial charge in [0.25, 0.3) is 0 Å². The molecular formula is C24H19FN6O2. The second-order valence-electron chi connectivity index (χ2n) is 8.13. The number of nitrogens with zero attached hydrogens (tertiary/aromatic N) is 4. The van der Waals surface area contributed by atoms with E-state index in [1.807, 2.05) is 33.7 Å². The van der Waals surface area contributed by atoms with Crippen LogP contribution < -0.4 is 15.5 Å². The van der Waals surface area contributed by atoms with Crippen LogP contribution in [0.2, 0.25) is 0 Å². The summed E-state index contributed by atoms with van der Waals surface area (Å²) in [7, 11) is 0. The van der Waals surface area contributed by atoms with E-state index >= 15 is 0 Å². The third-order valence-electron chi connectivity index (χ3n) is 5.98. The van der Waals surface area contributed by atoms with Crippen molar-refractivity contribution in [3.63, 3.8) is 0 Å². The van der Waals surface area contributed by atoms with Crippen molar-refractivity contribution in [2.24, 2.45) is 0 Å². The number of carbonyl (C=O) groups is 2. The number of hydrogen-bond donors (Lipinski definition) is 2. The van der Waals surface area contributed by atoms with E-state index in [2.05, 4.69) is 15.6 Å². The molecular weight excluding hydrogens is 423 g/mol. The van der Waals surface area contributed by atoms with Crippen molar-refractivity contribution >= 4 is 29.0 Å². The molecule has 0 saturated carbocycles. The molecule has 2 aromatic heterocycles. The number of anilines is 2. The zero-order chi connectivity index (χ0) is 22.5. The van der Waals surface area contributed by atoms with Crippen LogP contribution in [0.5, 0.6) is 0 Å². The van der Waals surface area contributed by atoms with Gasteiger partial charge in [-0.1, -0.05) is 6.07 Å². The van der Waals surface area contributed by atoms with Gasteiger partial charge in [-0.25, -0.2) is 14.4 Å². The summed E-state index contributed by atoms with van der Waals surface area (Å²) in [5.74, 6) is 0.188. The molecule has 6 rings (SSSR count). The van der Waals surface area contributed by atoms with E-state index < -0.39 is 0 Å². The molecule has 2 aromatic carbocycles. The molecule has 2 aliphatic rings. The van der Waals surface area contributed by atoms with Crippen LogP contribution in [0.3, 0.4) is 0 Å². The maximum absolute atomic E-state index is 13.6. The zero-order valence-electron chi connectivity index (χ0n) is 17.5. The SMILES string of the molecule is O=C1CN(c2nccn3c(-c4ccc5c(c4)CC(=O)N5)c(-c4ccc(F)cc4)nc23)CCN1. The first-order chi connectivity index (χ1) is 16.1. The number of nitrogens with one attached hydrogen (secondary N) is 2. The highest BCUT2D eigenvalue weighted by atomic mass is 19.1. The minimum absolute atomic E-state index is 0.0334. The molecule has 2 amide bonds. The Morgan fingerprint density at radius 3 is 2.64 bits per heavy atom. The number of hydrogen-bond acceptors (Lipinski definition) is 5. The van der Waals surface area contributed by atoms with Gasteiger partial charge in [0.1, 0.15) is 5.82 Å². The second-order valence-corrected chi connectivity index (χ2v) is 8.13. The molecule has 0 bridgehead atoms. The Labute approximate surface area is 188 Å². The quantitative estimate of drug-likeness (QED) is 0.509. The van der Waals surface area contributed by atoms with E-state index in [0.717, 1.165) is 28.1 Å². The number of aromatic nitrogens is 3. The fourth-order valence-corrected chi connectivity index (χ4v) is 4.47. The van der Waals surface area contributed by atoms with Gasteiger partial charge in [-0.3, -0.25) is 14.0 Å². The van der Waals surface area contributed by atoms with Crippen molar-refractivity contribution in [3.8, 4) is 22.5 Å². The number of piperazine rings is 1. The minimum Gasteiger partial charge on any atom is -0.353 e. The maximum atomic E-state index is 13.6. The Morgan fingerprint density at radius 1 is 1.00 bits per heavy atom. The van der Waals surface area contributed by atoms with Crippen molar-refractivity contribution in [2.45, 2.75) is 6.42 Å². The Kier molecular flexibility index (Phi) is 4.36. The highest BCUT2D eigenvalue weighted by Crippen LogP contribution is 2.37. The van der Waals surface area contributed by atoms with Gasteiger partial charge in [0.15, 0.2) is 11.5 Å². The van der Waals surface area contributed by atoms with Gasteiger partial charge in [-0.05, 0) is 42.0 Å². The van der Waals surface area contributed by atoms with Gasteiger partial charge >= 0.3 is 0 Å². The summed E-state index contributed by atoms with van der Waals surface area (Å²) < 4.78 is 15.6. The summed E-state index contributed by atoms with van der Waals surface area (Å²) in [5.41, 5.74) is 5.45. The Hall–Kier alpha value is -4.27. The number of halogens is 1. The van der Waals surface area contributed by atoms with Crippen molar-refractivity contribution in [1.29, 1.82) is 0 Å². The largest absolute Gasteiger partial charge is 0.353 e. The highest BCUT2D eigenvalue weighted by Gasteiger charge is 2.25. The van der Waals surface area contributed by atoms with Gasteiger partial charge in [-0.15, -0.1) is 0 Å². The third-order valence-corrected chi connectivity index (χ3v) is 5.98. The number of benzene rings is 2. The molecule has 4 heterocycles. The first-order valence-corrected chi connectivity index (χ1v) is 10.6. The van der Waals surface area contributed by atoms with Crippen LogP contribution in [0.4, 0.5) is 15.9 Å². The minimum atomic E-state index is -0.326. The van der Waals surface area contributed by atoms with Gasteiger partial charge < -0.3 is 15.5 Å². The lowest BCUT2D eigenvalue weighted by Gasteiger charge is -2.27. The predicted molar refractivity (Wildman–Crippen MR) is 121 cm³/mol. The molecule has 0 aliphatic carbocycles. The van der Waals surface area contributed by atoms with Crippen molar-refractivity contribution in [1.82, 2.24) is 19.7 Å². The molecule has 1 saturated heterocycles. The second kappa shape index (κ2) is 7.40.